The van der Waals surface area contributed by atoms with Crippen LogP contribution in [0.4, 0.5) is 5.82 Å². The smallest absolute Gasteiger partial charge is 0.219 e. The van der Waals surface area contributed by atoms with Gasteiger partial charge in [-0.15, -0.1) is 10.2 Å². The van der Waals surface area contributed by atoms with Gasteiger partial charge in [-0.1, -0.05) is 11.3 Å². The lowest BCUT2D eigenvalue weighted by atomic mass is 10.2. The fourth-order valence-corrected chi connectivity index (χ4v) is 4.03. The molecule has 0 unspecified atom stereocenters. The van der Waals surface area contributed by atoms with E-state index in [9.17, 15) is 0 Å². The van der Waals surface area contributed by atoms with E-state index in [4.69, 9.17) is 9.47 Å². The van der Waals surface area contributed by atoms with E-state index in [0.29, 0.717) is 30.9 Å². The van der Waals surface area contributed by atoms with E-state index in [1.54, 1.807) is 35.4 Å². The van der Waals surface area contributed by atoms with E-state index >= 15 is 0 Å². The van der Waals surface area contributed by atoms with Crippen LogP contribution in [0.5, 0.6) is 11.6 Å². The number of aryl methyl sites for hydroxylation is 1. The first-order valence-electron chi connectivity index (χ1n) is 9.70. The molecule has 1 saturated carbocycles. The summed E-state index contributed by atoms with van der Waals surface area (Å²) < 4.78 is 13.0. The second-order valence-electron chi connectivity index (χ2n) is 7.19. The van der Waals surface area contributed by atoms with Crippen molar-refractivity contribution in [3.05, 3.63) is 52.4 Å². The SMILES string of the molecule is COc1ccc([C@H]2C[C@@H]2COc2cc(NCc3nnc(C)s3)n3nccc3n2)nc1. The van der Waals surface area contributed by atoms with E-state index in [2.05, 4.69) is 30.6 Å². The van der Waals surface area contributed by atoms with Crippen molar-refractivity contribution in [2.45, 2.75) is 25.8 Å². The van der Waals surface area contributed by atoms with Gasteiger partial charge in [0.15, 0.2) is 5.65 Å². The van der Waals surface area contributed by atoms with Gasteiger partial charge in [-0.2, -0.15) is 14.6 Å². The van der Waals surface area contributed by atoms with Gasteiger partial charge in [0, 0.05) is 29.7 Å². The van der Waals surface area contributed by atoms with Crippen molar-refractivity contribution in [3.63, 3.8) is 0 Å². The molecule has 0 radical (unpaired) electrons. The highest BCUT2D eigenvalue weighted by atomic mass is 32.1. The zero-order valence-corrected chi connectivity index (χ0v) is 17.5. The van der Waals surface area contributed by atoms with Crippen LogP contribution in [-0.2, 0) is 6.54 Å². The van der Waals surface area contributed by atoms with Crippen molar-refractivity contribution < 1.29 is 9.47 Å². The maximum atomic E-state index is 6.03. The fraction of sp³-hybridized carbons (Fsp3) is 0.350. The maximum absolute atomic E-state index is 6.03. The van der Waals surface area contributed by atoms with Crippen LogP contribution in [0.25, 0.3) is 5.65 Å². The summed E-state index contributed by atoms with van der Waals surface area (Å²) in [5.74, 6) is 3.01. The molecule has 154 valence electrons. The molecule has 9 nitrogen and oxygen atoms in total. The van der Waals surface area contributed by atoms with Crippen molar-refractivity contribution in [1.29, 1.82) is 0 Å². The third-order valence-electron chi connectivity index (χ3n) is 5.07. The van der Waals surface area contributed by atoms with Gasteiger partial charge in [0.2, 0.25) is 5.88 Å². The molecule has 5 rings (SSSR count). The summed E-state index contributed by atoms with van der Waals surface area (Å²) in [5.41, 5.74) is 1.81. The molecule has 1 fully saturated rings. The predicted octanol–water partition coefficient (Wildman–Crippen LogP) is 3.09. The molecule has 0 aromatic carbocycles. The average Bonchev–Trinajstić information content (AvgIpc) is 3.16. The largest absolute Gasteiger partial charge is 0.495 e. The minimum absolute atomic E-state index is 0.424. The van der Waals surface area contributed by atoms with E-state index in [1.807, 2.05) is 31.2 Å². The van der Waals surface area contributed by atoms with E-state index < -0.39 is 0 Å². The number of hydrogen-bond acceptors (Lipinski definition) is 9. The standard InChI is InChI=1S/C20H21N7O2S/c1-12-25-26-20(30-12)10-22-18-8-19(24-17-5-6-23-27(17)18)29-11-13-7-15(13)16-4-3-14(28-2)9-21-16/h3-6,8-9,13,15,22H,7,10-11H2,1-2H3/t13-,15+/m1/s1. The number of anilines is 1. The quantitative estimate of drug-likeness (QED) is 0.462. The zero-order chi connectivity index (χ0) is 20.5. The molecule has 0 saturated heterocycles. The van der Waals surface area contributed by atoms with Gasteiger partial charge in [-0.25, -0.2) is 0 Å². The van der Waals surface area contributed by atoms with Crippen molar-refractivity contribution in [1.82, 2.24) is 29.8 Å². The predicted molar refractivity (Wildman–Crippen MR) is 112 cm³/mol. The summed E-state index contributed by atoms with van der Waals surface area (Å²) in [6, 6.07) is 7.70. The van der Waals surface area contributed by atoms with Crippen molar-refractivity contribution in [2.75, 3.05) is 19.0 Å². The summed E-state index contributed by atoms with van der Waals surface area (Å²) in [7, 11) is 1.65. The Balaban J connectivity index is 1.24. The zero-order valence-electron chi connectivity index (χ0n) is 16.6. The van der Waals surface area contributed by atoms with Crippen LogP contribution in [0.3, 0.4) is 0 Å². The van der Waals surface area contributed by atoms with Crippen LogP contribution in [0.15, 0.2) is 36.7 Å². The molecule has 0 aliphatic heterocycles. The van der Waals surface area contributed by atoms with E-state index in [-0.39, 0.29) is 0 Å². The molecule has 4 aromatic heterocycles. The molecule has 1 aliphatic carbocycles. The Hall–Kier alpha value is -3.27. The Labute approximate surface area is 177 Å². The lowest BCUT2D eigenvalue weighted by Gasteiger charge is -2.10. The van der Waals surface area contributed by atoms with Crippen LogP contribution in [0.1, 0.15) is 28.0 Å². The molecular formula is C20H21N7O2S. The molecule has 4 heterocycles. The van der Waals surface area contributed by atoms with Crippen LogP contribution in [-0.4, -0.2) is 43.5 Å². The number of aromatic nitrogens is 6. The molecule has 0 amide bonds. The highest BCUT2D eigenvalue weighted by molar-refractivity contribution is 7.11. The monoisotopic (exact) mass is 423 g/mol. The Kier molecular flexibility index (Phi) is 4.91. The molecule has 0 spiro atoms. The van der Waals surface area contributed by atoms with Gasteiger partial charge in [0.05, 0.1) is 32.7 Å². The molecule has 0 bridgehead atoms. The molecule has 4 aromatic rings. The highest BCUT2D eigenvalue weighted by Gasteiger charge is 2.40. The lowest BCUT2D eigenvalue weighted by Crippen LogP contribution is -2.08. The molecule has 10 heteroatoms. The van der Waals surface area contributed by atoms with Crippen molar-refractivity contribution >= 4 is 22.8 Å². The Morgan fingerprint density at radius 3 is 2.97 bits per heavy atom. The second-order valence-corrected chi connectivity index (χ2v) is 8.45. The Morgan fingerprint density at radius 1 is 1.27 bits per heavy atom. The third-order valence-corrected chi connectivity index (χ3v) is 5.91. The van der Waals surface area contributed by atoms with Crippen molar-refractivity contribution in [3.8, 4) is 11.6 Å². The number of ether oxygens (including phenoxy) is 2. The summed E-state index contributed by atoms with van der Waals surface area (Å²) in [4.78, 5) is 9.05. The molecule has 1 aliphatic rings. The first-order valence-corrected chi connectivity index (χ1v) is 10.5. The number of nitrogens with zero attached hydrogens (tertiary/aromatic N) is 6. The van der Waals surface area contributed by atoms with Crippen LogP contribution < -0.4 is 14.8 Å². The lowest BCUT2D eigenvalue weighted by molar-refractivity contribution is 0.286. The third kappa shape index (κ3) is 3.90. The Bertz CT molecular complexity index is 1160. The first-order chi connectivity index (χ1) is 14.7. The first kappa shape index (κ1) is 18.7. The van der Waals surface area contributed by atoms with Gasteiger partial charge >= 0.3 is 0 Å². The van der Waals surface area contributed by atoms with Gasteiger partial charge in [0.25, 0.3) is 0 Å². The average molecular weight is 424 g/mol. The molecule has 1 N–H and O–H groups in total. The molecular weight excluding hydrogens is 402 g/mol. The number of fused-ring (bicyclic) bond motifs is 1. The number of pyridine rings is 1. The minimum Gasteiger partial charge on any atom is -0.495 e. The minimum atomic E-state index is 0.424. The highest BCUT2D eigenvalue weighted by Crippen LogP contribution is 2.46. The normalized spacial score (nSPS) is 17.8. The molecule has 2 atom stereocenters. The summed E-state index contributed by atoms with van der Waals surface area (Å²) in [6.45, 7) is 3.11. The number of hydrogen-bond donors (Lipinski definition) is 1. The van der Waals surface area contributed by atoms with Gasteiger partial charge in [-0.05, 0) is 25.5 Å². The van der Waals surface area contributed by atoms with Crippen LogP contribution >= 0.6 is 11.3 Å². The van der Waals surface area contributed by atoms with Crippen LogP contribution in [0, 0.1) is 12.8 Å². The van der Waals surface area contributed by atoms with Gasteiger partial charge in [0.1, 0.15) is 21.6 Å². The van der Waals surface area contributed by atoms with E-state index in [1.165, 1.54) is 0 Å². The van der Waals surface area contributed by atoms with E-state index in [0.717, 1.165) is 39.3 Å². The topological polar surface area (TPSA) is 99.4 Å². The van der Waals surface area contributed by atoms with Crippen LogP contribution in [0.2, 0.25) is 0 Å². The summed E-state index contributed by atoms with van der Waals surface area (Å²) in [5, 5.41) is 17.8. The van der Waals surface area contributed by atoms with Crippen molar-refractivity contribution in [2.24, 2.45) is 5.92 Å². The number of methoxy groups -OCH3 is 1. The summed E-state index contributed by atoms with van der Waals surface area (Å²) >= 11 is 1.57. The van der Waals surface area contributed by atoms with Gasteiger partial charge < -0.3 is 14.8 Å². The van der Waals surface area contributed by atoms with Gasteiger partial charge in [-0.3, -0.25) is 4.98 Å². The second kappa shape index (κ2) is 7.86. The fourth-order valence-electron chi connectivity index (χ4n) is 3.38. The number of rotatable bonds is 8. The Morgan fingerprint density at radius 2 is 2.20 bits per heavy atom. The molecule has 30 heavy (non-hydrogen) atoms. The summed E-state index contributed by atoms with van der Waals surface area (Å²) in [6.07, 6.45) is 4.55. The number of nitrogens with one attached hydrogen (secondary N) is 1. The maximum Gasteiger partial charge on any atom is 0.219 e.